The lowest BCUT2D eigenvalue weighted by Gasteiger charge is -2.10. The molecule has 0 amide bonds. The van der Waals surface area contributed by atoms with Crippen molar-refractivity contribution < 1.29 is 4.42 Å². The van der Waals surface area contributed by atoms with Crippen LogP contribution in [0.15, 0.2) is 192 Å². The molecule has 0 atom stereocenters. The molecule has 4 nitrogen and oxygen atoms in total. The number of hydrogen-bond donors (Lipinski definition) is 0. The summed E-state index contributed by atoms with van der Waals surface area (Å²) in [7, 11) is 0. The predicted octanol–water partition coefficient (Wildman–Crippen LogP) is 14.1. The maximum Gasteiger partial charge on any atom is 0.164 e. The minimum atomic E-state index is 0.595. The zero-order chi connectivity index (χ0) is 37.0. The summed E-state index contributed by atoms with van der Waals surface area (Å²) < 4.78 is 9.41. The van der Waals surface area contributed by atoms with Crippen LogP contribution in [0.5, 0.6) is 0 Å². The van der Waals surface area contributed by atoms with Crippen molar-refractivity contribution in [1.29, 1.82) is 0 Å². The molecule has 5 heteroatoms. The Morgan fingerprint density at radius 2 is 0.911 bits per heavy atom. The highest BCUT2D eigenvalue weighted by atomic mass is 32.1. The van der Waals surface area contributed by atoms with E-state index >= 15 is 0 Å². The summed E-state index contributed by atoms with van der Waals surface area (Å²) in [6.07, 6.45) is 0. The molecule has 0 radical (unpaired) electrons. The third kappa shape index (κ3) is 5.48. The molecule has 11 aromatic rings. The molecule has 0 aliphatic heterocycles. The fourth-order valence-electron chi connectivity index (χ4n) is 7.86. The van der Waals surface area contributed by atoms with Crippen LogP contribution in [0.25, 0.3) is 110 Å². The number of rotatable bonds is 6. The normalized spacial score (nSPS) is 11.6. The van der Waals surface area contributed by atoms with Gasteiger partial charge >= 0.3 is 0 Å². The second kappa shape index (κ2) is 13.3. The van der Waals surface area contributed by atoms with E-state index in [-0.39, 0.29) is 0 Å². The molecule has 3 aromatic heterocycles. The van der Waals surface area contributed by atoms with Crippen LogP contribution in [-0.2, 0) is 0 Å². The van der Waals surface area contributed by atoms with Gasteiger partial charge in [0.2, 0.25) is 0 Å². The largest absolute Gasteiger partial charge is 0.455 e. The fourth-order valence-corrected chi connectivity index (χ4v) is 9.08. The van der Waals surface area contributed by atoms with Gasteiger partial charge in [-0.3, -0.25) is 0 Å². The smallest absolute Gasteiger partial charge is 0.164 e. The molecule has 0 spiro atoms. The number of benzene rings is 8. The van der Waals surface area contributed by atoms with Crippen molar-refractivity contribution in [2.75, 3.05) is 0 Å². The van der Waals surface area contributed by atoms with Crippen LogP contribution < -0.4 is 0 Å². The van der Waals surface area contributed by atoms with E-state index in [1.54, 1.807) is 0 Å². The second-order valence-corrected chi connectivity index (χ2v) is 15.0. The minimum absolute atomic E-state index is 0.595. The predicted molar refractivity (Wildman–Crippen MR) is 233 cm³/mol. The number of thiophene rings is 1. The van der Waals surface area contributed by atoms with Gasteiger partial charge < -0.3 is 4.42 Å². The summed E-state index contributed by atoms with van der Waals surface area (Å²) in [6.45, 7) is 0. The van der Waals surface area contributed by atoms with Gasteiger partial charge in [-0.1, -0.05) is 164 Å². The fraction of sp³-hybridized carbons (Fsp3) is 0. The van der Waals surface area contributed by atoms with Gasteiger partial charge in [-0.25, -0.2) is 15.0 Å². The summed E-state index contributed by atoms with van der Waals surface area (Å²) in [5.41, 5.74) is 11.2. The van der Waals surface area contributed by atoms with Gasteiger partial charge in [0.05, 0.1) is 0 Å². The first-order valence-corrected chi connectivity index (χ1v) is 19.5. The van der Waals surface area contributed by atoms with E-state index in [0.29, 0.717) is 17.5 Å². The SMILES string of the molecule is c1ccc(-c2ccc(-c3nc(-c4ccccc4)nc(-c4cccc5oc6c(-c7cc(-c8ccccc8)c8sc9ccccc9c8c7)cccc6c45)n3)cc2)cc1. The van der Waals surface area contributed by atoms with Gasteiger partial charge in [-0.2, -0.15) is 0 Å². The quantitative estimate of drug-likeness (QED) is 0.171. The van der Waals surface area contributed by atoms with Gasteiger partial charge in [0.1, 0.15) is 11.2 Å². The van der Waals surface area contributed by atoms with Crippen LogP contribution >= 0.6 is 11.3 Å². The molecule has 262 valence electrons. The Morgan fingerprint density at radius 3 is 1.66 bits per heavy atom. The van der Waals surface area contributed by atoms with Gasteiger partial charge in [0, 0.05) is 58.8 Å². The molecule has 56 heavy (non-hydrogen) atoms. The lowest BCUT2D eigenvalue weighted by atomic mass is 9.94. The molecule has 0 saturated heterocycles. The first kappa shape index (κ1) is 32.2. The Bertz CT molecular complexity index is 3230. The van der Waals surface area contributed by atoms with Crippen molar-refractivity contribution in [2.24, 2.45) is 0 Å². The third-order valence-corrected chi connectivity index (χ3v) is 11.8. The minimum Gasteiger partial charge on any atom is -0.455 e. The second-order valence-electron chi connectivity index (χ2n) is 13.9. The molecular weight excluding hydrogens is 703 g/mol. The van der Waals surface area contributed by atoms with Gasteiger partial charge in [0.25, 0.3) is 0 Å². The van der Waals surface area contributed by atoms with Crippen molar-refractivity contribution >= 4 is 53.4 Å². The number of para-hydroxylation sites is 1. The molecule has 11 rings (SSSR count). The van der Waals surface area contributed by atoms with Crippen molar-refractivity contribution in [1.82, 2.24) is 15.0 Å². The first-order chi connectivity index (χ1) is 27.7. The summed E-state index contributed by atoms with van der Waals surface area (Å²) in [4.78, 5) is 15.3. The van der Waals surface area contributed by atoms with Crippen molar-refractivity contribution in [3.8, 4) is 67.5 Å². The lowest BCUT2D eigenvalue weighted by molar-refractivity contribution is 0.670. The third-order valence-electron chi connectivity index (χ3n) is 10.6. The standard InChI is InChI=1S/C51H31N3OS/c1-4-14-32(15-5-1)33-26-28-36(29-27-33)50-52-49(35-18-8-3-9-19-35)53-51(54-50)41-23-13-24-44-46(41)40-22-12-21-38(47(40)55-44)37-30-42(34-16-6-2-7-17-34)48-43(31-37)39-20-10-11-25-45(39)56-48/h1-31H. The highest BCUT2D eigenvalue weighted by Crippen LogP contribution is 2.45. The number of furan rings is 1. The Hall–Kier alpha value is -7.21. The average molecular weight is 734 g/mol. The monoisotopic (exact) mass is 733 g/mol. The molecule has 0 aliphatic carbocycles. The molecule has 0 saturated carbocycles. The number of nitrogens with zero attached hydrogens (tertiary/aromatic N) is 3. The highest BCUT2D eigenvalue weighted by molar-refractivity contribution is 7.26. The van der Waals surface area contributed by atoms with Crippen molar-refractivity contribution in [2.45, 2.75) is 0 Å². The molecule has 0 fully saturated rings. The molecule has 0 bridgehead atoms. The Morgan fingerprint density at radius 1 is 0.357 bits per heavy atom. The summed E-state index contributed by atoms with van der Waals surface area (Å²) >= 11 is 1.85. The van der Waals surface area contributed by atoms with Gasteiger partial charge in [-0.15, -0.1) is 11.3 Å². The van der Waals surface area contributed by atoms with Crippen LogP contribution in [0, 0.1) is 0 Å². The zero-order valence-electron chi connectivity index (χ0n) is 30.1. The molecule has 0 unspecified atom stereocenters. The van der Waals surface area contributed by atoms with Crippen LogP contribution in [0.3, 0.4) is 0 Å². The Kier molecular flexibility index (Phi) is 7.64. The van der Waals surface area contributed by atoms with E-state index in [9.17, 15) is 0 Å². The van der Waals surface area contributed by atoms with E-state index in [4.69, 9.17) is 19.4 Å². The molecule has 3 heterocycles. The summed E-state index contributed by atoms with van der Waals surface area (Å²) in [5.74, 6) is 1.83. The number of fused-ring (bicyclic) bond motifs is 6. The molecule has 0 aliphatic rings. The van der Waals surface area contributed by atoms with Crippen LogP contribution in [0.1, 0.15) is 0 Å². The van der Waals surface area contributed by atoms with Crippen LogP contribution in [0.4, 0.5) is 0 Å². The number of hydrogen-bond acceptors (Lipinski definition) is 5. The maximum atomic E-state index is 6.84. The zero-order valence-corrected chi connectivity index (χ0v) is 30.9. The van der Waals surface area contributed by atoms with E-state index < -0.39 is 0 Å². The van der Waals surface area contributed by atoms with Crippen LogP contribution in [0.2, 0.25) is 0 Å². The topological polar surface area (TPSA) is 51.8 Å². The summed E-state index contributed by atoms with van der Waals surface area (Å²) in [6, 6.07) is 65.6. The lowest BCUT2D eigenvalue weighted by Crippen LogP contribution is -2.00. The maximum absolute atomic E-state index is 6.84. The first-order valence-electron chi connectivity index (χ1n) is 18.7. The Labute approximate surface area is 327 Å². The van der Waals surface area contributed by atoms with Crippen LogP contribution in [-0.4, -0.2) is 15.0 Å². The van der Waals surface area contributed by atoms with E-state index in [1.807, 2.05) is 59.9 Å². The van der Waals surface area contributed by atoms with Gasteiger partial charge in [-0.05, 0) is 46.5 Å². The van der Waals surface area contributed by atoms with E-state index in [1.165, 1.54) is 31.3 Å². The van der Waals surface area contributed by atoms with Crippen molar-refractivity contribution in [3.63, 3.8) is 0 Å². The van der Waals surface area contributed by atoms with E-state index in [2.05, 4.69) is 140 Å². The number of aromatic nitrogens is 3. The Balaban J connectivity index is 1.10. The van der Waals surface area contributed by atoms with Gasteiger partial charge in [0.15, 0.2) is 17.5 Å². The molecular formula is C51H31N3OS. The molecule has 0 N–H and O–H groups in total. The summed E-state index contributed by atoms with van der Waals surface area (Å²) in [5, 5.41) is 4.50. The van der Waals surface area contributed by atoms with Crippen molar-refractivity contribution in [3.05, 3.63) is 188 Å². The highest BCUT2D eigenvalue weighted by Gasteiger charge is 2.21. The molecule has 8 aromatic carbocycles. The average Bonchev–Trinajstić information content (AvgIpc) is 3.86. The van der Waals surface area contributed by atoms with E-state index in [0.717, 1.165) is 60.9 Å².